The van der Waals surface area contributed by atoms with E-state index in [9.17, 15) is 0 Å². The van der Waals surface area contributed by atoms with Gasteiger partial charge in [0.05, 0.1) is 0 Å². The van der Waals surface area contributed by atoms with Crippen LogP contribution in [-0.2, 0) is 0 Å². The molecule has 0 spiro atoms. The maximum atomic E-state index is 3.44. The Morgan fingerprint density at radius 1 is 1.07 bits per heavy atom. The van der Waals surface area contributed by atoms with Gasteiger partial charge in [0.1, 0.15) is 0 Å². The van der Waals surface area contributed by atoms with Gasteiger partial charge in [-0.15, -0.1) is 0 Å². The molecule has 0 amide bonds. The molecule has 3 aliphatic rings. The summed E-state index contributed by atoms with van der Waals surface area (Å²) in [4.78, 5) is 2.67. The van der Waals surface area contributed by atoms with Crippen LogP contribution < -0.4 is 5.32 Å². The predicted octanol–water partition coefficient (Wildman–Crippen LogP) is 1.39. The van der Waals surface area contributed by atoms with Crippen LogP contribution in [0, 0.1) is 5.92 Å². The molecule has 14 heavy (non-hydrogen) atoms. The first-order valence-electron chi connectivity index (χ1n) is 6.04. The molecule has 2 heterocycles. The van der Waals surface area contributed by atoms with Gasteiger partial charge < -0.3 is 5.32 Å². The first kappa shape index (κ1) is 8.93. The van der Waals surface area contributed by atoms with E-state index in [2.05, 4.69) is 10.2 Å². The van der Waals surface area contributed by atoms with E-state index in [1.165, 1.54) is 45.3 Å². The lowest BCUT2D eigenvalue weighted by Gasteiger charge is -2.21. The van der Waals surface area contributed by atoms with E-state index >= 15 is 0 Å². The highest BCUT2D eigenvalue weighted by atomic mass is 15.2. The summed E-state index contributed by atoms with van der Waals surface area (Å²) in [5.41, 5.74) is 3.39. The third kappa shape index (κ3) is 1.61. The predicted molar refractivity (Wildman–Crippen MR) is 58.3 cm³/mol. The number of hydrogen-bond donors (Lipinski definition) is 1. The van der Waals surface area contributed by atoms with Crippen LogP contribution in [0.3, 0.4) is 0 Å². The average molecular weight is 192 g/mol. The molecule has 0 saturated heterocycles. The summed E-state index contributed by atoms with van der Waals surface area (Å²) in [6, 6.07) is 0. The molecule has 0 aromatic carbocycles. The molecule has 0 unspecified atom stereocenters. The van der Waals surface area contributed by atoms with Gasteiger partial charge in [-0.05, 0) is 29.9 Å². The first-order chi connectivity index (χ1) is 6.92. The zero-order valence-corrected chi connectivity index (χ0v) is 8.89. The molecule has 1 aliphatic carbocycles. The van der Waals surface area contributed by atoms with Crippen LogP contribution in [0.4, 0.5) is 0 Å². The minimum absolute atomic E-state index is 1.02. The van der Waals surface area contributed by atoms with E-state index in [1.54, 1.807) is 11.1 Å². The van der Waals surface area contributed by atoms with Crippen LogP contribution in [-0.4, -0.2) is 37.6 Å². The van der Waals surface area contributed by atoms with E-state index < -0.39 is 0 Å². The quantitative estimate of drug-likeness (QED) is 0.665. The molecule has 0 radical (unpaired) electrons. The summed E-state index contributed by atoms with van der Waals surface area (Å²) >= 11 is 0. The van der Waals surface area contributed by atoms with E-state index in [4.69, 9.17) is 0 Å². The highest BCUT2D eigenvalue weighted by molar-refractivity contribution is 5.29. The summed E-state index contributed by atoms with van der Waals surface area (Å²) in [5, 5.41) is 3.44. The van der Waals surface area contributed by atoms with Crippen molar-refractivity contribution in [2.24, 2.45) is 5.92 Å². The largest absolute Gasteiger partial charge is 0.309 e. The molecule has 1 saturated carbocycles. The smallest absolute Gasteiger partial charge is 0.0212 e. The Kier molecular flexibility index (Phi) is 2.34. The summed E-state index contributed by atoms with van der Waals surface area (Å²) in [7, 11) is 0. The molecule has 0 bridgehead atoms. The Bertz CT molecular complexity index is 235. The Labute approximate surface area is 86.4 Å². The first-order valence-corrected chi connectivity index (χ1v) is 6.04. The highest BCUT2D eigenvalue weighted by Gasteiger charge is 2.27. The van der Waals surface area contributed by atoms with Crippen LogP contribution in [0.25, 0.3) is 0 Å². The van der Waals surface area contributed by atoms with E-state index in [0.717, 1.165) is 19.0 Å². The number of nitrogens with zero attached hydrogens (tertiary/aromatic N) is 1. The Morgan fingerprint density at radius 2 is 1.71 bits per heavy atom. The van der Waals surface area contributed by atoms with Crippen molar-refractivity contribution in [1.29, 1.82) is 0 Å². The normalized spacial score (nSPS) is 29.1. The SMILES string of the molecule is C1CCC(CN2CC3=C(CNC3)C2)C1. The van der Waals surface area contributed by atoms with Crippen LogP contribution in [0.5, 0.6) is 0 Å². The average Bonchev–Trinajstić information content (AvgIpc) is 2.78. The van der Waals surface area contributed by atoms with Crippen molar-refractivity contribution in [2.45, 2.75) is 25.7 Å². The van der Waals surface area contributed by atoms with Crippen LogP contribution in [0.15, 0.2) is 11.1 Å². The minimum atomic E-state index is 1.02. The molecular formula is C12H20N2. The van der Waals surface area contributed by atoms with Gasteiger partial charge >= 0.3 is 0 Å². The molecule has 1 fully saturated rings. The topological polar surface area (TPSA) is 15.3 Å². The number of rotatable bonds is 2. The van der Waals surface area contributed by atoms with Gasteiger partial charge in [-0.25, -0.2) is 0 Å². The van der Waals surface area contributed by atoms with Crippen molar-refractivity contribution < 1.29 is 0 Å². The lowest BCUT2D eigenvalue weighted by atomic mass is 10.1. The zero-order valence-electron chi connectivity index (χ0n) is 8.89. The minimum Gasteiger partial charge on any atom is -0.309 e. The third-order valence-electron chi connectivity index (χ3n) is 4.00. The lowest BCUT2D eigenvalue weighted by molar-refractivity contribution is 0.280. The molecule has 0 aromatic heterocycles. The van der Waals surface area contributed by atoms with Gasteiger partial charge in [0, 0.05) is 32.7 Å². The highest BCUT2D eigenvalue weighted by Crippen LogP contribution is 2.28. The Hall–Kier alpha value is -0.340. The zero-order chi connectivity index (χ0) is 9.38. The number of nitrogens with one attached hydrogen (secondary N) is 1. The van der Waals surface area contributed by atoms with Gasteiger partial charge in [-0.1, -0.05) is 12.8 Å². The number of hydrogen-bond acceptors (Lipinski definition) is 2. The molecular weight excluding hydrogens is 172 g/mol. The molecule has 78 valence electrons. The Morgan fingerprint density at radius 3 is 2.36 bits per heavy atom. The van der Waals surface area contributed by atoms with Gasteiger partial charge in [0.2, 0.25) is 0 Å². The summed E-state index contributed by atoms with van der Waals surface area (Å²) in [6.45, 7) is 6.22. The molecule has 2 nitrogen and oxygen atoms in total. The molecule has 2 aliphatic heterocycles. The van der Waals surface area contributed by atoms with Gasteiger partial charge in [-0.2, -0.15) is 0 Å². The van der Waals surface area contributed by atoms with Crippen molar-refractivity contribution in [3.05, 3.63) is 11.1 Å². The molecule has 3 rings (SSSR count). The lowest BCUT2D eigenvalue weighted by Crippen LogP contribution is -2.30. The standard InChI is InChI=1S/C12H20N2/c1-2-4-10(3-1)7-14-8-11-5-13-6-12(11)9-14/h10,13H,1-9H2. The van der Waals surface area contributed by atoms with E-state index in [0.29, 0.717) is 0 Å². The molecule has 0 aromatic rings. The van der Waals surface area contributed by atoms with Crippen LogP contribution >= 0.6 is 0 Å². The third-order valence-corrected chi connectivity index (χ3v) is 4.00. The van der Waals surface area contributed by atoms with E-state index in [-0.39, 0.29) is 0 Å². The second-order valence-electron chi connectivity index (χ2n) is 5.13. The van der Waals surface area contributed by atoms with Crippen molar-refractivity contribution in [2.75, 3.05) is 32.7 Å². The van der Waals surface area contributed by atoms with Gasteiger partial charge in [0.15, 0.2) is 0 Å². The van der Waals surface area contributed by atoms with Gasteiger partial charge in [0.25, 0.3) is 0 Å². The van der Waals surface area contributed by atoms with Crippen molar-refractivity contribution in [3.63, 3.8) is 0 Å². The van der Waals surface area contributed by atoms with Crippen LogP contribution in [0.1, 0.15) is 25.7 Å². The fourth-order valence-corrected chi connectivity index (χ4v) is 3.23. The monoisotopic (exact) mass is 192 g/mol. The molecule has 2 heteroatoms. The molecule has 1 N–H and O–H groups in total. The summed E-state index contributed by atoms with van der Waals surface area (Å²) < 4.78 is 0. The van der Waals surface area contributed by atoms with Gasteiger partial charge in [-0.3, -0.25) is 4.90 Å². The van der Waals surface area contributed by atoms with Crippen LogP contribution in [0.2, 0.25) is 0 Å². The summed E-state index contributed by atoms with van der Waals surface area (Å²) in [6.07, 6.45) is 5.93. The maximum absolute atomic E-state index is 3.44. The Balaban J connectivity index is 1.52. The van der Waals surface area contributed by atoms with Crippen molar-refractivity contribution >= 4 is 0 Å². The van der Waals surface area contributed by atoms with Crippen molar-refractivity contribution in [1.82, 2.24) is 10.2 Å². The van der Waals surface area contributed by atoms with E-state index in [1.807, 2.05) is 0 Å². The fourth-order valence-electron chi connectivity index (χ4n) is 3.23. The fraction of sp³-hybridized carbons (Fsp3) is 0.833. The second kappa shape index (κ2) is 3.67. The maximum Gasteiger partial charge on any atom is 0.0212 e. The van der Waals surface area contributed by atoms with Crippen molar-refractivity contribution in [3.8, 4) is 0 Å². The molecule has 0 atom stereocenters. The second-order valence-corrected chi connectivity index (χ2v) is 5.13. The summed E-state index contributed by atoms with van der Waals surface area (Å²) in [5.74, 6) is 1.02.